The van der Waals surface area contributed by atoms with Crippen LogP contribution < -0.4 is 15.0 Å². The van der Waals surface area contributed by atoms with Crippen LogP contribution in [0.2, 0.25) is 0 Å². The fourth-order valence-electron chi connectivity index (χ4n) is 3.94. The number of carbonyl (C=O) groups is 1. The third-order valence-corrected chi connectivity index (χ3v) is 5.84. The Labute approximate surface area is 201 Å². The lowest BCUT2D eigenvalue weighted by Gasteiger charge is -2.20. The molecule has 1 unspecified atom stereocenters. The molecule has 1 N–H and O–H groups in total. The van der Waals surface area contributed by atoms with E-state index in [1.165, 1.54) is 49.4 Å². The van der Waals surface area contributed by atoms with E-state index < -0.39 is 16.6 Å². The van der Waals surface area contributed by atoms with Crippen LogP contribution >= 0.6 is 0 Å². The summed E-state index contributed by atoms with van der Waals surface area (Å²) < 4.78 is 19.3. The highest BCUT2D eigenvalue weighted by Crippen LogP contribution is 2.38. The molecule has 0 saturated carbocycles. The number of ether oxygens (including phenoxy) is 1. The van der Waals surface area contributed by atoms with Crippen molar-refractivity contribution in [1.82, 2.24) is 10.3 Å². The fourth-order valence-corrected chi connectivity index (χ4v) is 3.94. The zero-order valence-electron chi connectivity index (χ0n) is 19.3. The second kappa shape index (κ2) is 10.4. The Bertz CT molecular complexity index is 1280. The van der Waals surface area contributed by atoms with Crippen molar-refractivity contribution in [3.8, 4) is 16.9 Å². The molecule has 2 heterocycles. The molecule has 0 bridgehead atoms. The maximum Gasteiger partial charge on any atom is 0.271 e. The molecule has 0 aliphatic carbocycles. The molecule has 1 aromatic heterocycles. The first-order valence-electron chi connectivity index (χ1n) is 11.0. The summed E-state index contributed by atoms with van der Waals surface area (Å²) in [5, 5.41) is 15.1. The van der Waals surface area contributed by atoms with Crippen LogP contribution in [0, 0.1) is 15.9 Å². The predicted octanol–water partition coefficient (Wildman–Crippen LogP) is 4.54. The van der Waals surface area contributed by atoms with Gasteiger partial charge in [-0.25, -0.2) is 4.39 Å². The molecular formula is C25H24FN5O4. The van der Waals surface area contributed by atoms with Crippen LogP contribution in [0.25, 0.3) is 11.1 Å². The van der Waals surface area contributed by atoms with Crippen molar-refractivity contribution in [1.29, 1.82) is 0 Å². The number of pyridine rings is 1. The van der Waals surface area contributed by atoms with Gasteiger partial charge in [0.05, 0.1) is 23.3 Å². The van der Waals surface area contributed by atoms with Crippen LogP contribution in [0.1, 0.15) is 23.2 Å². The first kappa shape index (κ1) is 24.0. The van der Waals surface area contributed by atoms with E-state index in [0.29, 0.717) is 16.8 Å². The Kier molecular flexibility index (Phi) is 7.11. The van der Waals surface area contributed by atoms with E-state index in [0.717, 1.165) is 19.4 Å². The molecule has 0 radical (unpaired) electrons. The number of benzene rings is 2. The van der Waals surface area contributed by atoms with Crippen molar-refractivity contribution in [2.75, 3.05) is 25.6 Å². The molecule has 0 spiro atoms. The van der Waals surface area contributed by atoms with E-state index in [4.69, 9.17) is 4.74 Å². The summed E-state index contributed by atoms with van der Waals surface area (Å²) in [5.41, 5.74) is 1.38. The van der Waals surface area contributed by atoms with Crippen LogP contribution in [-0.2, 0) is 0 Å². The van der Waals surface area contributed by atoms with Gasteiger partial charge in [-0.3, -0.25) is 24.9 Å². The summed E-state index contributed by atoms with van der Waals surface area (Å²) in [5.74, 6) is -1.16. The van der Waals surface area contributed by atoms with Crippen molar-refractivity contribution in [2.45, 2.75) is 18.9 Å². The van der Waals surface area contributed by atoms with Crippen molar-refractivity contribution in [3.05, 3.63) is 76.4 Å². The lowest BCUT2D eigenvalue weighted by Crippen LogP contribution is -2.27. The molecule has 1 aliphatic rings. The van der Waals surface area contributed by atoms with Crippen LogP contribution in [-0.4, -0.2) is 48.8 Å². The van der Waals surface area contributed by atoms with Gasteiger partial charge in [0.1, 0.15) is 0 Å². The molecule has 1 saturated heterocycles. The molecule has 3 aromatic rings. The van der Waals surface area contributed by atoms with E-state index in [1.807, 2.05) is 0 Å². The minimum atomic E-state index is -0.633. The standard InChI is InChI=1S/C25H24FN5O4/c1-30(18-5-6-23(35-2)22(26)14-18)25(32)21-13-19(31(33)34)12-20(16-7-10-27-11-8-16)24(21)29-15-17-4-3-9-28-17/h5-8,10-15,17,28H,3-4,9H2,1-2H3. The van der Waals surface area contributed by atoms with Gasteiger partial charge in [-0.15, -0.1) is 0 Å². The Morgan fingerprint density at radius 3 is 2.69 bits per heavy atom. The summed E-state index contributed by atoms with van der Waals surface area (Å²) in [7, 11) is 2.82. The number of aliphatic imine (C=N–C) groups is 1. The Morgan fingerprint density at radius 2 is 2.06 bits per heavy atom. The molecule has 1 aliphatic heterocycles. The number of amides is 1. The van der Waals surface area contributed by atoms with Gasteiger partial charge in [-0.2, -0.15) is 0 Å². The molecule has 9 nitrogen and oxygen atoms in total. The van der Waals surface area contributed by atoms with E-state index in [1.54, 1.807) is 30.7 Å². The summed E-state index contributed by atoms with van der Waals surface area (Å²) in [4.78, 5) is 34.7. The van der Waals surface area contributed by atoms with E-state index in [-0.39, 0.29) is 28.7 Å². The van der Waals surface area contributed by atoms with Crippen LogP contribution in [0.5, 0.6) is 5.75 Å². The highest BCUT2D eigenvalue weighted by Gasteiger charge is 2.25. The number of nitro groups is 1. The molecular weight excluding hydrogens is 453 g/mol. The lowest BCUT2D eigenvalue weighted by atomic mass is 9.98. The van der Waals surface area contributed by atoms with Gasteiger partial charge in [0.2, 0.25) is 0 Å². The summed E-state index contributed by atoms with van der Waals surface area (Å²) in [6.45, 7) is 0.867. The first-order chi connectivity index (χ1) is 16.9. The maximum atomic E-state index is 14.3. The van der Waals surface area contributed by atoms with Gasteiger partial charge in [0.25, 0.3) is 11.6 Å². The number of methoxy groups -OCH3 is 1. The minimum absolute atomic E-state index is 0.0268. The third-order valence-electron chi connectivity index (χ3n) is 5.84. The van der Waals surface area contributed by atoms with Crippen molar-refractivity contribution >= 4 is 29.2 Å². The predicted molar refractivity (Wildman–Crippen MR) is 131 cm³/mol. The van der Waals surface area contributed by atoms with Gasteiger partial charge < -0.3 is 15.0 Å². The summed E-state index contributed by atoms with van der Waals surface area (Å²) >= 11 is 0. The highest BCUT2D eigenvalue weighted by molar-refractivity contribution is 6.11. The number of hydrogen-bond donors (Lipinski definition) is 1. The van der Waals surface area contributed by atoms with E-state index >= 15 is 0 Å². The average molecular weight is 477 g/mol. The summed E-state index contributed by atoms with van der Waals surface area (Å²) in [6.07, 6.45) is 6.76. The number of hydrogen-bond acceptors (Lipinski definition) is 7. The number of non-ortho nitro benzene ring substituents is 1. The molecule has 1 amide bonds. The van der Waals surface area contributed by atoms with Crippen molar-refractivity contribution < 1.29 is 18.8 Å². The highest BCUT2D eigenvalue weighted by atomic mass is 19.1. The number of anilines is 1. The van der Waals surface area contributed by atoms with Gasteiger partial charge in [0, 0.05) is 61.1 Å². The van der Waals surface area contributed by atoms with Crippen LogP contribution in [0.4, 0.5) is 21.5 Å². The smallest absolute Gasteiger partial charge is 0.271 e. The van der Waals surface area contributed by atoms with Gasteiger partial charge >= 0.3 is 0 Å². The van der Waals surface area contributed by atoms with Crippen molar-refractivity contribution in [2.24, 2.45) is 4.99 Å². The number of halogens is 1. The largest absolute Gasteiger partial charge is 0.494 e. The molecule has 35 heavy (non-hydrogen) atoms. The number of nitrogens with one attached hydrogen (secondary N) is 1. The van der Waals surface area contributed by atoms with E-state index in [2.05, 4.69) is 15.3 Å². The Morgan fingerprint density at radius 1 is 1.29 bits per heavy atom. The maximum absolute atomic E-state index is 14.3. The van der Waals surface area contributed by atoms with Gasteiger partial charge in [-0.05, 0) is 49.2 Å². The summed E-state index contributed by atoms with van der Waals surface area (Å²) in [6, 6.07) is 10.1. The number of nitrogens with zero attached hydrogens (tertiary/aromatic N) is 4. The third kappa shape index (κ3) is 5.17. The minimum Gasteiger partial charge on any atom is -0.494 e. The van der Waals surface area contributed by atoms with Crippen LogP contribution in [0.15, 0.2) is 59.9 Å². The Hall–Kier alpha value is -4.18. The second-order valence-corrected chi connectivity index (χ2v) is 8.05. The topological polar surface area (TPSA) is 110 Å². The molecule has 1 fully saturated rings. The number of rotatable bonds is 7. The molecule has 10 heteroatoms. The zero-order valence-corrected chi connectivity index (χ0v) is 19.3. The normalized spacial score (nSPS) is 15.3. The van der Waals surface area contributed by atoms with Crippen LogP contribution in [0.3, 0.4) is 0 Å². The lowest BCUT2D eigenvalue weighted by molar-refractivity contribution is -0.384. The molecule has 1 atom stereocenters. The van der Waals surface area contributed by atoms with Gasteiger partial charge in [0.15, 0.2) is 11.6 Å². The number of aromatic nitrogens is 1. The Balaban J connectivity index is 1.86. The molecule has 4 rings (SSSR count). The fraction of sp³-hybridized carbons (Fsp3) is 0.240. The monoisotopic (exact) mass is 477 g/mol. The molecule has 2 aromatic carbocycles. The number of carbonyl (C=O) groups excluding carboxylic acids is 1. The van der Waals surface area contributed by atoms with Gasteiger partial charge in [-0.1, -0.05) is 0 Å². The number of nitro benzene ring substituents is 1. The SMILES string of the molecule is COc1ccc(N(C)C(=O)c2cc([N+](=O)[O-])cc(-c3ccncc3)c2N=CC2CCCN2)cc1F. The average Bonchev–Trinajstić information content (AvgIpc) is 3.40. The van der Waals surface area contributed by atoms with E-state index in [9.17, 15) is 19.3 Å². The van der Waals surface area contributed by atoms with Crippen molar-refractivity contribution in [3.63, 3.8) is 0 Å². The second-order valence-electron chi connectivity index (χ2n) is 8.05. The quantitative estimate of drug-likeness (QED) is 0.304. The zero-order chi connectivity index (χ0) is 24.9. The molecule has 180 valence electrons. The first-order valence-corrected chi connectivity index (χ1v) is 11.0.